The molecule has 1 fully saturated rings. The largest absolute Gasteiger partial charge is 0.364 e. The number of primary amides is 1. The molecule has 8 nitrogen and oxygen atoms in total. The Labute approximate surface area is 167 Å². The highest BCUT2D eigenvalue weighted by molar-refractivity contribution is 5.91. The van der Waals surface area contributed by atoms with Crippen molar-refractivity contribution in [3.63, 3.8) is 0 Å². The highest BCUT2D eigenvalue weighted by Gasteiger charge is 2.35. The fraction of sp³-hybridized carbons (Fsp3) is 0.350. The molecule has 1 saturated heterocycles. The Bertz CT molecular complexity index is 943. The molecule has 29 heavy (non-hydrogen) atoms. The summed E-state index contributed by atoms with van der Waals surface area (Å²) in [6.07, 6.45) is 4.62. The molecule has 2 amide bonds. The van der Waals surface area contributed by atoms with Gasteiger partial charge in [-0.2, -0.15) is 5.10 Å². The SMILES string of the molecule is NC(=O)c1nc(N2CCC(C(=O)N3N=CCC3c3ccccc3)CC2)ncc1F. The molecular weight excluding hydrogens is 375 g/mol. The van der Waals surface area contributed by atoms with Crippen LogP contribution in [0.2, 0.25) is 0 Å². The van der Waals surface area contributed by atoms with E-state index in [9.17, 15) is 14.0 Å². The van der Waals surface area contributed by atoms with Crippen molar-refractivity contribution in [1.82, 2.24) is 15.0 Å². The maximum absolute atomic E-state index is 13.6. The Morgan fingerprint density at radius 3 is 2.55 bits per heavy atom. The molecule has 4 rings (SSSR count). The monoisotopic (exact) mass is 396 g/mol. The van der Waals surface area contributed by atoms with E-state index in [1.54, 1.807) is 11.2 Å². The summed E-state index contributed by atoms with van der Waals surface area (Å²) >= 11 is 0. The van der Waals surface area contributed by atoms with Crippen LogP contribution in [0.15, 0.2) is 41.6 Å². The highest BCUT2D eigenvalue weighted by Crippen LogP contribution is 2.32. The number of carbonyl (C=O) groups is 2. The van der Waals surface area contributed by atoms with Crippen LogP contribution in [0.1, 0.15) is 41.4 Å². The second-order valence-corrected chi connectivity index (χ2v) is 7.14. The van der Waals surface area contributed by atoms with Gasteiger partial charge in [0.25, 0.3) is 5.91 Å². The van der Waals surface area contributed by atoms with Crippen LogP contribution in [-0.4, -0.2) is 46.1 Å². The molecule has 9 heteroatoms. The van der Waals surface area contributed by atoms with E-state index < -0.39 is 17.4 Å². The number of benzene rings is 1. The summed E-state index contributed by atoms with van der Waals surface area (Å²) in [6.45, 7) is 1.04. The third-order valence-electron chi connectivity index (χ3n) is 5.33. The number of nitrogens with zero attached hydrogens (tertiary/aromatic N) is 5. The fourth-order valence-corrected chi connectivity index (χ4v) is 3.77. The molecule has 1 unspecified atom stereocenters. The van der Waals surface area contributed by atoms with Gasteiger partial charge in [0.15, 0.2) is 11.5 Å². The predicted molar refractivity (Wildman–Crippen MR) is 105 cm³/mol. The minimum absolute atomic E-state index is 0.00472. The van der Waals surface area contributed by atoms with Gasteiger partial charge in [0.2, 0.25) is 11.9 Å². The van der Waals surface area contributed by atoms with E-state index in [-0.39, 0.29) is 23.8 Å². The summed E-state index contributed by atoms with van der Waals surface area (Å²) in [7, 11) is 0. The zero-order chi connectivity index (χ0) is 20.4. The van der Waals surface area contributed by atoms with Gasteiger partial charge in [-0.25, -0.2) is 19.4 Å². The minimum atomic E-state index is -0.935. The molecule has 1 aromatic carbocycles. The Morgan fingerprint density at radius 1 is 1.14 bits per heavy atom. The van der Waals surface area contributed by atoms with Crippen LogP contribution in [-0.2, 0) is 4.79 Å². The molecule has 3 heterocycles. The van der Waals surface area contributed by atoms with Crippen LogP contribution in [0.4, 0.5) is 10.3 Å². The first-order valence-electron chi connectivity index (χ1n) is 9.52. The molecular formula is C20H21FN6O2. The summed E-state index contributed by atoms with van der Waals surface area (Å²) in [6, 6.07) is 9.80. The van der Waals surface area contributed by atoms with E-state index in [4.69, 9.17) is 5.73 Å². The van der Waals surface area contributed by atoms with E-state index in [0.717, 1.165) is 11.8 Å². The van der Waals surface area contributed by atoms with Gasteiger partial charge < -0.3 is 10.6 Å². The lowest BCUT2D eigenvalue weighted by atomic mass is 9.94. The van der Waals surface area contributed by atoms with Crippen LogP contribution < -0.4 is 10.6 Å². The quantitative estimate of drug-likeness (QED) is 0.850. The van der Waals surface area contributed by atoms with Crippen LogP contribution in [0.5, 0.6) is 0 Å². The average Bonchev–Trinajstić information content (AvgIpc) is 3.24. The van der Waals surface area contributed by atoms with E-state index in [2.05, 4.69) is 15.1 Å². The third-order valence-corrected chi connectivity index (χ3v) is 5.33. The number of hydrogen-bond acceptors (Lipinski definition) is 6. The summed E-state index contributed by atoms with van der Waals surface area (Å²) in [5, 5.41) is 5.91. The molecule has 0 radical (unpaired) electrons. The first-order chi connectivity index (χ1) is 14.0. The van der Waals surface area contributed by atoms with Gasteiger partial charge in [0.1, 0.15) is 0 Å². The summed E-state index contributed by atoms with van der Waals surface area (Å²) in [5.41, 5.74) is 5.79. The Kier molecular flexibility index (Phi) is 5.20. The van der Waals surface area contributed by atoms with E-state index >= 15 is 0 Å². The minimum Gasteiger partial charge on any atom is -0.364 e. The predicted octanol–water partition coefficient (Wildman–Crippen LogP) is 1.89. The first-order valence-corrected chi connectivity index (χ1v) is 9.52. The molecule has 0 saturated carbocycles. The normalized spacial score (nSPS) is 19.6. The second-order valence-electron chi connectivity index (χ2n) is 7.14. The molecule has 2 N–H and O–H groups in total. The number of nitrogens with two attached hydrogens (primary N) is 1. The van der Waals surface area contributed by atoms with Gasteiger partial charge in [-0.3, -0.25) is 9.59 Å². The summed E-state index contributed by atoms with van der Waals surface area (Å²) < 4.78 is 13.6. The van der Waals surface area contributed by atoms with Crippen molar-refractivity contribution in [2.45, 2.75) is 25.3 Å². The number of anilines is 1. The molecule has 2 aliphatic rings. The maximum atomic E-state index is 13.6. The molecule has 0 aliphatic carbocycles. The Morgan fingerprint density at radius 2 is 1.86 bits per heavy atom. The topological polar surface area (TPSA) is 105 Å². The molecule has 2 aliphatic heterocycles. The van der Waals surface area contributed by atoms with E-state index in [0.29, 0.717) is 32.4 Å². The van der Waals surface area contributed by atoms with Crippen molar-refractivity contribution in [3.05, 3.63) is 53.6 Å². The number of halogens is 1. The van der Waals surface area contributed by atoms with Crippen molar-refractivity contribution >= 4 is 24.0 Å². The number of hydrogen-bond donors (Lipinski definition) is 1. The fourth-order valence-electron chi connectivity index (χ4n) is 3.77. The van der Waals surface area contributed by atoms with E-state index in [1.165, 1.54) is 0 Å². The maximum Gasteiger partial charge on any atom is 0.270 e. The molecule has 1 aromatic heterocycles. The van der Waals surface area contributed by atoms with Gasteiger partial charge in [0, 0.05) is 31.6 Å². The lowest BCUT2D eigenvalue weighted by molar-refractivity contribution is -0.138. The zero-order valence-electron chi connectivity index (χ0n) is 15.7. The number of amides is 2. The van der Waals surface area contributed by atoms with E-state index in [1.807, 2.05) is 35.2 Å². The number of carbonyl (C=O) groups excluding carboxylic acids is 2. The van der Waals surface area contributed by atoms with Gasteiger partial charge in [-0.15, -0.1) is 0 Å². The zero-order valence-corrected chi connectivity index (χ0v) is 15.7. The first kappa shape index (κ1) is 19.0. The number of hydrazone groups is 1. The average molecular weight is 396 g/mol. The van der Waals surface area contributed by atoms with Crippen molar-refractivity contribution in [2.75, 3.05) is 18.0 Å². The lowest BCUT2D eigenvalue weighted by Crippen LogP contribution is -2.41. The standard InChI is InChI=1S/C20H21FN6O2/c21-15-12-23-20(25-17(15)18(22)28)26-10-7-14(8-11-26)19(29)27-16(6-9-24-27)13-4-2-1-3-5-13/h1-5,9,12,14,16H,6-8,10-11H2,(H2,22,28). The van der Waals surface area contributed by atoms with Crippen molar-refractivity contribution in [2.24, 2.45) is 16.8 Å². The van der Waals surface area contributed by atoms with Crippen LogP contribution in [0.25, 0.3) is 0 Å². The van der Waals surface area contributed by atoms with Crippen LogP contribution in [0.3, 0.4) is 0 Å². The Balaban J connectivity index is 1.42. The third kappa shape index (κ3) is 3.80. The number of piperidine rings is 1. The van der Waals surface area contributed by atoms with Crippen LogP contribution in [0, 0.1) is 11.7 Å². The molecule has 0 bridgehead atoms. The van der Waals surface area contributed by atoms with Crippen molar-refractivity contribution < 1.29 is 14.0 Å². The van der Waals surface area contributed by atoms with Gasteiger partial charge >= 0.3 is 0 Å². The summed E-state index contributed by atoms with van der Waals surface area (Å²) in [5.74, 6) is -1.69. The molecule has 0 spiro atoms. The van der Waals surface area contributed by atoms with Crippen molar-refractivity contribution in [3.8, 4) is 0 Å². The second kappa shape index (κ2) is 7.94. The summed E-state index contributed by atoms with van der Waals surface area (Å²) in [4.78, 5) is 34.1. The van der Waals surface area contributed by atoms with Gasteiger partial charge in [0.05, 0.1) is 12.2 Å². The van der Waals surface area contributed by atoms with Gasteiger partial charge in [-0.05, 0) is 18.4 Å². The highest BCUT2D eigenvalue weighted by atomic mass is 19.1. The Hall–Kier alpha value is -3.36. The van der Waals surface area contributed by atoms with Crippen molar-refractivity contribution in [1.29, 1.82) is 0 Å². The number of rotatable bonds is 4. The molecule has 1 atom stereocenters. The van der Waals surface area contributed by atoms with Gasteiger partial charge in [-0.1, -0.05) is 30.3 Å². The molecule has 150 valence electrons. The van der Waals surface area contributed by atoms with Crippen LogP contribution >= 0.6 is 0 Å². The number of aromatic nitrogens is 2. The lowest BCUT2D eigenvalue weighted by Gasteiger charge is -2.33. The molecule has 2 aromatic rings. The smallest absolute Gasteiger partial charge is 0.270 e.